The van der Waals surface area contributed by atoms with Crippen molar-refractivity contribution in [3.05, 3.63) is 66.0 Å². The molecule has 0 heterocycles. The van der Waals surface area contributed by atoms with Crippen LogP contribution in [0.4, 0.5) is 4.39 Å². The third kappa shape index (κ3) is 4.35. The quantitative estimate of drug-likeness (QED) is 0.809. The van der Waals surface area contributed by atoms with E-state index in [1.165, 1.54) is 32.0 Å². The van der Waals surface area contributed by atoms with Crippen LogP contribution in [0.15, 0.2) is 54.6 Å². The van der Waals surface area contributed by atoms with Crippen LogP contribution in [0.3, 0.4) is 0 Å². The SMILES string of the molecule is CC(Oc1ccccc1F)C(=O)NCC(C)(C(=O)O)c1ccccc1. The third-order valence-electron chi connectivity index (χ3n) is 4.01. The van der Waals surface area contributed by atoms with Crippen molar-refractivity contribution >= 4 is 11.9 Å². The molecule has 0 radical (unpaired) electrons. The Labute approximate surface area is 145 Å². The first kappa shape index (κ1) is 18.4. The monoisotopic (exact) mass is 345 g/mol. The van der Waals surface area contributed by atoms with E-state index in [1.54, 1.807) is 36.4 Å². The average Bonchev–Trinajstić information content (AvgIpc) is 2.61. The number of nitrogens with one attached hydrogen (secondary N) is 1. The molecule has 0 bridgehead atoms. The van der Waals surface area contributed by atoms with Gasteiger partial charge in [-0.1, -0.05) is 42.5 Å². The van der Waals surface area contributed by atoms with Gasteiger partial charge < -0.3 is 15.2 Å². The number of benzene rings is 2. The number of rotatable bonds is 7. The highest BCUT2D eigenvalue weighted by Gasteiger charge is 2.36. The standard InChI is InChI=1S/C19H20FNO4/c1-13(25-16-11-7-6-10-15(16)20)17(22)21-12-19(2,18(23)24)14-8-4-3-5-9-14/h3-11,13H,12H2,1-2H3,(H,21,22)(H,23,24). The van der Waals surface area contributed by atoms with Crippen molar-refractivity contribution in [3.63, 3.8) is 0 Å². The summed E-state index contributed by atoms with van der Waals surface area (Å²) in [6.07, 6.45) is -0.967. The third-order valence-corrected chi connectivity index (χ3v) is 4.01. The van der Waals surface area contributed by atoms with Crippen LogP contribution in [0.2, 0.25) is 0 Å². The Kier molecular flexibility index (Phi) is 5.75. The predicted molar refractivity (Wildman–Crippen MR) is 90.9 cm³/mol. The molecular formula is C19H20FNO4. The normalized spacial score (nSPS) is 14.2. The Balaban J connectivity index is 2.04. The summed E-state index contributed by atoms with van der Waals surface area (Å²) in [5.74, 6) is -2.18. The highest BCUT2D eigenvalue weighted by molar-refractivity contribution is 5.84. The van der Waals surface area contributed by atoms with Crippen molar-refractivity contribution in [2.24, 2.45) is 0 Å². The van der Waals surface area contributed by atoms with Crippen molar-refractivity contribution in [1.82, 2.24) is 5.32 Å². The van der Waals surface area contributed by atoms with E-state index < -0.39 is 29.2 Å². The van der Waals surface area contributed by atoms with Gasteiger partial charge >= 0.3 is 5.97 Å². The minimum absolute atomic E-state index is 0.0331. The van der Waals surface area contributed by atoms with Crippen molar-refractivity contribution in [1.29, 1.82) is 0 Å². The molecule has 0 saturated heterocycles. The Hall–Kier alpha value is -2.89. The highest BCUT2D eigenvalue weighted by atomic mass is 19.1. The molecule has 0 fully saturated rings. The Bertz CT molecular complexity index is 750. The fraction of sp³-hybridized carbons (Fsp3) is 0.263. The van der Waals surface area contributed by atoms with Gasteiger partial charge in [0.1, 0.15) is 5.41 Å². The minimum atomic E-state index is -1.28. The number of amides is 1. The number of para-hydroxylation sites is 1. The van der Waals surface area contributed by atoms with Crippen LogP contribution in [-0.2, 0) is 15.0 Å². The fourth-order valence-electron chi connectivity index (χ4n) is 2.30. The molecule has 2 unspecified atom stereocenters. The lowest BCUT2D eigenvalue weighted by Gasteiger charge is -2.26. The van der Waals surface area contributed by atoms with Crippen molar-refractivity contribution in [2.45, 2.75) is 25.4 Å². The number of aliphatic carboxylic acids is 1. The molecule has 2 aromatic carbocycles. The van der Waals surface area contributed by atoms with Gasteiger partial charge in [0, 0.05) is 6.54 Å². The highest BCUT2D eigenvalue weighted by Crippen LogP contribution is 2.23. The molecule has 2 N–H and O–H groups in total. The first-order chi connectivity index (χ1) is 11.8. The Morgan fingerprint density at radius 2 is 1.76 bits per heavy atom. The van der Waals surface area contributed by atoms with E-state index in [2.05, 4.69) is 5.32 Å². The molecule has 1 amide bonds. The second-order valence-corrected chi connectivity index (χ2v) is 5.91. The van der Waals surface area contributed by atoms with Crippen molar-refractivity contribution in [2.75, 3.05) is 6.54 Å². The topological polar surface area (TPSA) is 75.6 Å². The van der Waals surface area contributed by atoms with Crippen LogP contribution in [-0.4, -0.2) is 29.6 Å². The second kappa shape index (κ2) is 7.79. The zero-order valence-corrected chi connectivity index (χ0v) is 14.0. The summed E-state index contributed by atoms with van der Waals surface area (Å²) >= 11 is 0. The number of carbonyl (C=O) groups is 2. The second-order valence-electron chi connectivity index (χ2n) is 5.91. The van der Waals surface area contributed by atoms with Gasteiger partial charge in [-0.15, -0.1) is 0 Å². The van der Waals surface area contributed by atoms with E-state index in [-0.39, 0.29) is 12.3 Å². The van der Waals surface area contributed by atoms with Crippen LogP contribution in [0.25, 0.3) is 0 Å². The molecule has 0 aromatic heterocycles. The number of carboxylic acid groups (broad SMARTS) is 1. The Morgan fingerprint density at radius 3 is 2.36 bits per heavy atom. The summed E-state index contributed by atoms with van der Waals surface area (Å²) in [5.41, 5.74) is -0.709. The molecule has 5 nitrogen and oxygen atoms in total. The van der Waals surface area contributed by atoms with Crippen LogP contribution in [0, 0.1) is 5.82 Å². The van der Waals surface area contributed by atoms with E-state index in [4.69, 9.17) is 4.74 Å². The minimum Gasteiger partial charge on any atom is -0.481 e. The lowest BCUT2D eigenvalue weighted by Crippen LogP contribution is -2.47. The number of hydrogen-bond acceptors (Lipinski definition) is 3. The largest absolute Gasteiger partial charge is 0.481 e. The van der Waals surface area contributed by atoms with Gasteiger partial charge in [-0.25, -0.2) is 4.39 Å². The van der Waals surface area contributed by atoms with E-state index in [1.807, 2.05) is 0 Å². The molecule has 0 aliphatic heterocycles. The summed E-state index contributed by atoms with van der Waals surface area (Å²) in [4.78, 5) is 23.9. The average molecular weight is 345 g/mol. The van der Waals surface area contributed by atoms with Crippen molar-refractivity contribution in [3.8, 4) is 5.75 Å². The number of ether oxygens (including phenoxy) is 1. The van der Waals surface area contributed by atoms with Gasteiger partial charge in [0.15, 0.2) is 17.7 Å². The molecule has 6 heteroatoms. The maximum Gasteiger partial charge on any atom is 0.315 e. The van der Waals surface area contributed by atoms with E-state index in [0.717, 1.165) is 0 Å². The molecule has 132 valence electrons. The molecule has 0 aliphatic carbocycles. The van der Waals surface area contributed by atoms with Crippen LogP contribution in [0.5, 0.6) is 5.75 Å². The smallest absolute Gasteiger partial charge is 0.315 e. The van der Waals surface area contributed by atoms with Gasteiger partial charge in [0.05, 0.1) is 0 Å². The van der Waals surface area contributed by atoms with Gasteiger partial charge in [-0.3, -0.25) is 9.59 Å². The Morgan fingerprint density at radius 1 is 1.16 bits per heavy atom. The van der Waals surface area contributed by atoms with Gasteiger partial charge in [0.25, 0.3) is 5.91 Å². The summed E-state index contributed by atoms with van der Waals surface area (Å²) in [6, 6.07) is 14.4. The van der Waals surface area contributed by atoms with Crippen LogP contribution in [0.1, 0.15) is 19.4 Å². The van der Waals surface area contributed by atoms with Crippen LogP contribution >= 0.6 is 0 Å². The number of carbonyl (C=O) groups excluding carboxylic acids is 1. The molecule has 0 spiro atoms. The zero-order valence-electron chi connectivity index (χ0n) is 14.0. The molecule has 25 heavy (non-hydrogen) atoms. The zero-order chi connectivity index (χ0) is 18.4. The van der Waals surface area contributed by atoms with Gasteiger partial charge in [-0.05, 0) is 31.5 Å². The van der Waals surface area contributed by atoms with Gasteiger partial charge in [0.2, 0.25) is 0 Å². The van der Waals surface area contributed by atoms with E-state index in [0.29, 0.717) is 5.56 Å². The summed E-state index contributed by atoms with van der Waals surface area (Å²) in [5, 5.41) is 12.2. The summed E-state index contributed by atoms with van der Waals surface area (Å²) in [6.45, 7) is 2.89. The van der Waals surface area contributed by atoms with Crippen molar-refractivity contribution < 1.29 is 23.8 Å². The number of carboxylic acids is 1. The predicted octanol–water partition coefficient (Wildman–Crippen LogP) is 2.75. The first-order valence-electron chi connectivity index (χ1n) is 7.82. The lowest BCUT2D eigenvalue weighted by atomic mass is 9.82. The lowest BCUT2D eigenvalue weighted by molar-refractivity contribution is -0.143. The molecule has 2 rings (SSSR count). The molecular weight excluding hydrogens is 325 g/mol. The maximum absolute atomic E-state index is 13.6. The number of halogens is 1. The molecule has 2 atom stereocenters. The maximum atomic E-state index is 13.6. The molecule has 0 saturated carbocycles. The number of hydrogen-bond donors (Lipinski definition) is 2. The summed E-state index contributed by atoms with van der Waals surface area (Å²) in [7, 11) is 0. The fourth-order valence-corrected chi connectivity index (χ4v) is 2.30. The molecule has 2 aromatic rings. The summed E-state index contributed by atoms with van der Waals surface area (Å²) < 4.78 is 18.9. The van der Waals surface area contributed by atoms with E-state index >= 15 is 0 Å². The first-order valence-corrected chi connectivity index (χ1v) is 7.82. The molecule has 0 aliphatic rings. The van der Waals surface area contributed by atoms with E-state index in [9.17, 15) is 19.1 Å². The van der Waals surface area contributed by atoms with Crippen LogP contribution < -0.4 is 10.1 Å². The van der Waals surface area contributed by atoms with Gasteiger partial charge in [-0.2, -0.15) is 0 Å².